The van der Waals surface area contributed by atoms with Gasteiger partial charge in [-0.25, -0.2) is 10.0 Å². The molecule has 168 valence electrons. The molecule has 0 spiro atoms. The third-order valence-corrected chi connectivity index (χ3v) is 6.14. The first-order valence-electron chi connectivity index (χ1n) is 10.8. The minimum absolute atomic E-state index is 0.171. The number of rotatable bonds is 8. The van der Waals surface area contributed by atoms with Crippen molar-refractivity contribution in [2.45, 2.75) is 32.9 Å². The summed E-state index contributed by atoms with van der Waals surface area (Å²) < 4.78 is 5.92. The first-order chi connectivity index (χ1) is 16.0. The van der Waals surface area contributed by atoms with Crippen molar-refractivity contribution in [2.75, 3.05) is 0 Å². The van der Waals surface area contributed by atoms with Gasteiger partial charge in [-0.15, -0.1) is 11.3 Å². The highest BCUT2D eigenvalue weighted by molar-refractivity contribution is 7.13. The topological polar surface area (TPSA) is 62.7 Å². The molecule has 0 fully saturated rings. The van der Waals surface area contributed by atoms with E-state index in [0.717, 1.165) is 43.8 Å². The zero-order valence-electron chi connectivity index (χ0n) is 18.6. The lowest BCUT2D eigenvalue weighted by Gasteiger charge is -2.18. The van der Waals surface area contributed by atoms with E-state index in [9.17, 15) is 10.0 Å². The van der Waals surface area contributed by atoms with Gasteiger partial charge in [0.1, 0.15) is 17.4 Å². The second-order valence-electron chi connectivity index (χ2n) is 8.03. The Balaban J connectivity index is 1.34. The number of amides is 1. The molecule has 1 heterocycles. The maximum Gasteiger partial charge on any atom is 0.250 e. The van der Waals surface area contributed by atoms with Crippen molar-refractivity contribution in [3.63, 3.8) is 0 Å². The van der Waals surface area contributed by atoms with Crippen molar-refractivity contribution in [3.05, 3.63) is 95.5 Å². The molecular weight excluding hydrogens is 432 g/mol. The lowest BCUT2D eigenvalue weighted by Crippen LogP contribution is -2.34. The van der Waals surface area contributed by atoms with Gasteiger partial charge in [0.25, 0.3) is 5.91 Å². The van der Waals surface area contributed by atoms with Gasteiger partial charge in [-0.3, -0.25) is 10.0 Å². The van der Waals surface area contributed by atoms with Crippen LogP contribution >= 0.6 is 11.3 Å². The van der Waals surface area contributed by atoms with Crippen LogP contribution in [0.15, 0.2) is 84.2 Å². The Hall–Kier alpha value is -3.48. The van der Waals surface area contributed by atoms with Crippen molar-refractivity contribution in [2.24, 2.45) is 0 Å². The van der Waals surface area contributed by atoms with Crippen LogP contribution in [0.2, 0.25) is 0 Å². The van der Waals surface area contributed by atoms with Crippen molar-refractivity contribution >= 4 is 17.2 Å². The first-order valence-corrected chi connectivity index (χ1v) is 11.7. The molecule has 3 aromatic carbocycles. The summed E-state index contributed by atoms with van der Waals surface area (Å²) in [6.07, 6.45) is 0.171. The molecule has 5 nitrogen and oxygen atoms in total. The molecule has 0 aliphatic rings. The summed E-state index contributed by atoms with van der Waals surface area (Å²) in [5.41, 5.74) is 5.00. The smallest absolute Gasteiger partial charge is 0.250 e. The van der Waals surface area contributed by atoms with Gasteiger partial charge < -0.3 is 4.74 Å². The van der Waals surface area contributed by atoms with Gasteiger partial charge in [-0.2, -0.15) is 0 Å². The normalized spacial score (nSPS) is 10.9. The number of hydrogen-bond acceptors (Lipinski definition) is 5. The number of nitrogens with zero attached hydrogens (tertiary/aromatic N) is 2. The summed E-state index contributed by atoms with van der Waals surface area (Å²) in [4.78, 5) is 16.7. The van der Waals surface area contributed by atoms with E-state index in [1.807, 2.05) is 72.1 Å². The minimum atomic E-state index is -0.310. The third kappa shape index (κ3) is 5.86. The number of hydrogen-bond donors (Lipinski definition) is 1. The molecule has 0 unspecified atom stereocenters. The fraction of sp³-hybridized carbons (Fsp3) is 0.185. The van der Waals surface area contributed by atoms with Crippen LogP contribution in [0.25, 0.3) is 21.7 Å². The van der Waals surface area contributed by atoms with Crippen LogP contribution in [0, 0.1) is 0 Å². The second kappa shape index (κ2) is 10.4. The van der Waals surface area contributed by atoms with Crippen LogP contribution in [-0.4, -0.2) is 27.2 Å². The molecule has 0 atom stereocenters. The number of ether oxygens (including phenoxy) is 1. The number of thiazole rings is 1. The molecule has 4 rings (SSSR count). The molecule has 1 aromatic heterocycles. The average Bonchev–Trinajstić information content (AvgIpc) is 3.33. The predicted octanol–water partition coefficient (Wildman–Crippen LogP) is 6.22. The van der Waals surface area contributed by atoms with Gasteiger partial charge in [-0.05, 0) is 42.7 Å². The molecule has 1 amide bonds. The van der Waals surface area contributed by atoms with E-state index in [1.165, 1.54) is 0 Å². The van der Waals surface area contributed by atoms with E-state index in [2.05, 4.69) is 17.1 Å². The monoisotopic (exact) mass is 458 g/mol. The van der Waals surface area contributed by atoms with Gasteiger partial charge in [0.05, 0.1) is 18.2 Å². The molecule has 6 heteroatoms. The minimum Gasteiger partial charge on any atom is -0.487 e. The SMILES string of the molecule is CC(C)N(O)C(=O)Cc1ccc(-c2ccc(OCc3csc(-c4ccccc4)n3)cc2)cc1. The van der Waals surface area contributed by atoms with E-state index in [1.54, 1.807) is 25.2 Å². The second-order valence-corrected chi connectivity index (χ2v) is 8.89. The zero-order valence-corrected chi connectivity index (χ0v) is 19.5. The number of hydroxylamine groups is 2. The van der Waals surface area contributed by atoms with Crippen LogP contribution in [0.1, 0.15) is 25.1 Å². The predicted molar refractivity (Wildman–Crippen MR) is 131 cm³/mol. The highest BCUT2D eigenvalue weighted by Gasteiger charge is 2.14. The van der Waals surface area contributed by atoms with Gasteiger partial charge in [0, 0.05) is 10.9 Å². The van der Waals surface area contributed by atoms with Gasteiger partial charge in [-0.1, -0.05) is 66.7 Å². The van der Waals surface area contributed by atoms with Crippen LogP contribution in [0.3, 0.4) is 0 Å². The fourth-order valence-corrected chi connectivity index (χ4v) is 4.16. The van der Waals surface area contributed by atoms with Crippen molar-refractivity contribution in [1.29, 1.82) is 0 Å². The molecular formula is C27H26N2O3S. The quantitative estimate of drug-likeness (QED) is 0.251. The summed E-state index contributed by atoms with van der Waals surface area (Å²) in [5, 5.41) is 13.6. The lowest BCUT2D eigenvalue weighted by atomic mass is 10.0. The van der Waals surface area contributed by atoms with E-state index < -0.39 is 0 Å². The Morgan fingerprint density at radius 1 is 0.939 bits per heavy atom. The van der Waals surface area contributed by atoms with Crippen molar-refractivity contribution < 1.29 is 14.7 Å². The zero-order chi connectivity index (χ0) is 23.2. The largest absolute Gasteiger partial charge is 0.487 e. The molecule has 0 radical (unpaired) electrons. The van der Waals surface area contributed by atoms with Gasteiger partial charge in [0.2, 0.25) is 0 Å². The van der Waals surface area contributed by atoms with E-state index >= 15 is 0 Å². The Morgan fingerprint density at radius 2 is 1.58 bits per heavy atom. The van der Waals surface area contributed by atoms with Crippen LogP contribution in [0.5, 0.6) is 5.75 Å². The summed E-state index contributed by atoms with van der Waals surface area (Å²) in [6, 6.07) is 25.6. The van der Waals surface area contributed by atoms with E-state index in [-0.39, 0.29) is 18.4 Å². The molecule has 0 bridgehead atoms. The molecule has 33 heavy (non-hydrogen) atoms. The van der Waals surface area contributed by atoms with Crippen molar-refractivity contribution in [3.8, 4) is 27.4 Å². The van der Waals surface area contributed by atoms with Crippen LogP contribution in [-0.2, 0) is 17.8 Å². The molecule has 0 aliphatic carbocycles. The number of aromatic nitrogens is 1. The number of carbonyl (C=O) groups is 1. The van der Waals surface area contributed by atoms with Crippen LogP contribution < -0.4 is 4.74 Å². The average molecular weight is 459 g/mol. The molecule has 4 aromatic rings. The van der Waals surface area contributed by atoms with Gasteiger partial charge >= 0.3 is 0 Å². The fourth-order valence-electron chi connectivity index (χ4n) is 3.35. The standard InChI is InChI=1S/C27H26N2O3S/c1-19(2)29(31)26(30)16-20-8-10-21(11-9-20)22-12-14-25(15-13-22)32-17-24-18-33-27(28-24)23-6-4-3-5-7-23/h3-15,18-19,31H,16-17H2,1-2H3. The molecule has 0 saturated heterocycles. The molecule has 0 saturated carbocycles. The first kappa shape index (κ1) is 22.7. The highest BCUT2D eigenvalue weighted by atomic mass is 32.1. The maximum absolute atomic E-state index is 12.0. The Labute approximate surface area is 197 Å². The number of carbonyl (C=O) groups excluding carboxylic acids is 1. The summed E-state index contributed by atoms with van der Waals surface area (Å²) in [7, 11) is 0. The van der Waals surface area contributed by atoms with E-state index in [0.29, 0.717) is 6.61 Å². The molecule has 0 aliphatic heterocycles. The summed E-state index contributed by atoms with van der Waals surface area (Å²) in [5.74, 6) is 0.474. The van der Waals surface area contributed by atoms with E-state index in [4.69, 9.17) is 4.74 Å². The Kier molecular flexibility index (Phi) is 7.17. The number of benzene rings is 3. The third-order valence-electron chi connectivity index (χ3n) is 5.20. The Bertz CT molecular complexity index is 1190. The van der Waals surface area contributed by atoms with Crippen molar-refractivity contribution in [1.82, 2.24) is 10.0 Å². The summed E-state index contributed by atoms with van der Waals surface area (Å²) >= 11 is 1.62. The van der Waals surface area contributed by atoms with Crippen LogP contribution in [0.4, 0.5) is 0 Å². The van der Waals surface area contributed by atoms with Gasteiger partial charge in [0.15, 0.2) is 0 Å². The highest BCUT2D eigenvalue weighted by Crippen LogP contribution is 2.26. The Morgan fingerprint density at radius 3 is 2.21 bits per heavy atom. The molecule has 1 N–H and O–H groups in total. The summed E-state index contributed by atoms with van der Waals surface area (Å²) in [6.45, 7) is 3.96. The maximum atomic E-state index is 12.0. The lowest BCUT2D eigenvalue weighted by molar-refractivity contribution is -0.171.